The van der Waals surface area contributed by atoms with Crippen molar-refractivity contribution in [1.29, 1.82) is 0 Å². The van der Waals surface area contributed by atoms with E-state index in [9.17, 15) is 0 Å². The predicted molar refractivity (Wildman–Crippen MR) is 234 cm³/mol. The second-order valence-corrected chi connectivity index (χ2v) is 14.7. The van der Waals surface area contributed by atoms with Crippen LogP contribution in [0.4, 0.5) is 0 Å². The van der Waals surface area contributed by atoms with Crippen molar-refractivity contribution in [2.75, 3.05) is 0 Å². The SMILES string of the molecule is [2H]c1c([2H])c([2H])c(-c2ccc3sc4c(-c5cccc(-c6nc(-c7ccccc7)nc(-c7ccccc7-n7c8ccccc8c8ccccc87)n6)c5)cccc4c3c2)c([2H])c1[2H]. The second kappa shape index (κ2) is 13.3. The molecule has 5 heteroatoms. The molecule has 0 aliphatic carbocycles. The summed E-state index contributed by atoms with van der Waals surface area (Å²) < 4.78 is 46.1. The Labute approximate surface area is 334 Å². The zero-order valence-electron chi connectivity index (χ0n) is 34.8. The van der Waals surface area contributed by atoms with E-state index >= 15 is 0 Å². The highest BCUT2D eigenvalue weighted by molar-refractivity contribution is 7.26. The Kier molecular flexibility index (Phi) is 6.49. The lowest BCUT2D eigenvalue weighted by molar-refractivity contribution is 1.06. The Bertz CT molecular complexity index is 3480. The van der Waals surface area contributed by atoms with Gasteiger partial charge in [-0.3, -0.25) is 0 Å². The maximum atomic E-state index is 8.58. The van der Waals surface area contributed by atoms with Crippen LogP contribution in [0.15, 0.2) is 194 Å². The molecule has 0 spiro atoms. The Hall–Kier alpha value is -7.21. The largest absolute Gasteiger partial charge is 0.309 e. The summed E-state index contributed by atoms with van der Waals surface area (Å²) in [7, 11) is 0. The minimum Gasteiger partial charge on any atom is -0.309 e. The van der Waals surface area contributed by atoms with Crippen molar-refractivity contribution in [3.8, 4) is 62.1 Å². The molecule has 4 nitrogen and oxygen atoms in total. The summed E-state index contributed by atoms with van der Waals surface area (Å²) in [5.41, 5.74) is 8.58. The lowest BCUT2D eigenvalue weighted by Crippen LogP contribution is -2.03. The number of para-hydroxylation sites is 3. The van der Waals surface area contributed by atoms with E-state index in [-0.39, 0.29) is 29.7 Å². The Morgan fingerprint density at radius 3 is 1.82 bits per heavy atom. The quantitative estimate of drug-likeness (QED) is 0.171. The Morgan fingerprint density at radius 2 is 1.02 bits per heavy atom. The summed E-state index contributed by atoms with van der Waals surface area (Å²) in [5, 5.41) is 4.33. The third-order valence-electron chi connectivity index (χ3n) is 10.4. The van der Waals surface area contributed by atoms with E-state index in [0.29, 0.717) is 23.0 Å². The summed E-state index contributed by atoms with van der Waals surface area (Å²) in [6.45, 7) is 0. The maximum absolute atomic E-state index is 8.58. The minimum atomic E-state index is -0.401. The molecule has 3 heterocycles. The van der Waals surface area contributed by atoms with Crippen LogP contribution in [0.25, 0.3) is 104 Å². The van der Waals surface area contributed by atoms with Gasteiger partial charge < -0.3 is 4.57 Å². The standard InChI is InChI=1S/C51H32N4S/c1-3-15-33(16-4-1)35-29-30-47-43(32-35)41-25-14-24-38(48(41)56-47)36-19-13-20-37(31-36)50-52-49(34-17-5-2-6-18-34)53-51(54-50)42-23-9-12-28-46(42)55-44-26-10-7-21-39(44)40-22-8-11-27-45(40)55/h1-32H/i1D,3D,4D,15D,16D. The van der Waals surface area contributed by atoms with Crippen LogP contribution in [0.5, 0.6) is 0 Å². The van der Waals surface area contributed by atoms with Crippen LogP contribution in [-0.4, -0.2) is 19.5 Å². The molecule has 0 atom stereocenters. The number of benzene rings is 8. The molecule has 11 rings (SSSR count). The first-order valence-corrected chi connectivity index (χ1v) is 19.2. The van der Waals surface area contributed by atoms with E-state index in [1.165, 1.54) is 10.8 Å². The van der Waals surface area contributed by atoms with Gasteiger partial charge >= 0.3 is 0 Å². The van der Waals surface area contributed by atoms with Crippen LogP contribution in [-0.2, 0) is 0 Å². The molecule has 0 aliphatic rings. The highest BCUT2D eigenvalue weighted by Crippen LogP contribution is 2.42. The summed E-state index contributed by atoms with van der Waals surface area (Å²) >= 11 is 1.67. The molecular formula is C51H32N4S. The molecule has 0 bridgehead atoms. The number of rotatable bonds is 6. The number of aromatic nitrogens is 4. The van der Waals surface area contributed by atoms with Crippen LogP contribution >= 0.6 is 11.3 Å². The summed E-state index contributed by atoms with van der Waals surface area (Å²) in [6, 6.07) is 54.0. The highest BCUT2D eigenvalue weighted by Gasteiger charge is 2.19. The molecule has 0 aliphatic heterocycles. The lowest BCUT2D eigenvalue weighted by Gasteiger charge is -2.14. The monoisotopic (exact) mass is 737 g/mol. The molecule has 0 saturated heterocycles. The zero-order valence-corrected chi connectivity index (χ0v) is 30.6. The molecule has 0 N–H and O–H groups in total. The molecule has 56 heavy (non-hydrogen) atoms. The van der Waals surface area contributed by atoms with Gasteiger partial charge in [-0.15, -0.1) is 11.3 Å². The van der Waals surface area contributed by atoms with Gasteiger partial charge in [0.1, 0.15) is 0 Å². The van der Waals surface area contributed by atoms with Gasteiger partial charge in [0, 0.05) is 47.6 Å². The van der Waals surface area contributed by atoms with E-state index in [1.54, 1.807) is 11.3 Å². The highest BCUT2D eigenvalue weighted by atomic mass is 32.1. The van der Waals surface area contributed by atoms with Crippen molar-refractivity contribution in [3.63, 3.8) is 0 Å². The van der Waals surface area contributed by atoms with Crippen molar-refractivity contribution >= 4 is 53.3 Å². The molecule has 0 radical (unpaired) electrons. The summed E-state index contributed by atoms with van der Waals surface area (Å²) in [6.07, 6.45) is 0. The topological polar surface area (TPSA) is 43.6 Å². The fourth-order valence-corrected chi connectivity index (χ4v) is 9.00. The molecule has 0 saturated carbocycles. The normalized spacial score (nSPS) is 12.8. The van der Waals surface area contributed by atoms with E-state index in [4.69, 9.17) is 21.8 Å². The van der Waals surface area contributed by atoms with Gasteiger partial charge in [-0.25, -0.2) is 15.0 Å². The number of nitrogens with zero attached hydrogens (tertiary/aromatic N) is 4. The van der Waals surface area contributed by atoms with Gasteiger partial charge in [-0.2, -0.15) is 0 Å². The van der Waals surface area contributed by atoms with Gasteiger partial charge in [0.25, 0.3) is 0 Å². The van der Waals surface area contributed by atoms with Crippen LogP contribution < -0.4 is 0 Å². The van der Waals surface area contributed by atoms with E-state index in [0.717, 1.165) is 64.7 Å². The predicted octanol–water partition coefficient (Wildman–Crippen LogP) is 13.7. The van der Waals surface area contributed by atoms with Crippen molar-refractivity contribution < 1.29 is 6.85 Å². The summed E-state index contributed by atoms with van der Waals surface area (Å²) in [4.78, 5) is 15.5. The number of fused-ring (bicyclic) bond motifs is 6. The number of hydrogen-bond acceptors (Lipinski definition) is 4. The van der Waals surface area contributed by atoms with Crippen LogP contribution in [0.1, 0.15) is 6.85 Å². The first-order valence-electron chi connectivity index (χ1n) is 20.9. The van der Waals surface area contributed by atoms with Gasteiger partial charge in [0.15, 0.2) is 17.5 Å². The molecule has 0 fully saturated rings. The zero-order chi connectivity index (χ0) is 41.4. The van der Waals surface area contributed by atoms with Crippen molar-refractivity contribution in [3.05, 3.63) is 194 Å². The second-order valence-electron chi connectivity index (χ2n) is 13.6. The van der Waals surface area contributed by atoms with Gasteiger partial charge in [0.2, 0.25) is 0 Å². The molecule has 3 aromatic heterocycles. The fraction of sp³-hybridized carbons (Fsp3) is 0. The molecular weight excluding hydrogens is 701 g/mol. The number of thiophene rings is 1. The maximum Gasteiger partial charge on any atom is 0.166 e. The third kappa shape index (κ3) is 5.40. The minimum absolute atomic E-state index is 0.195. The van der Waals surface area contributed by atoms with Crippen LogP contribution in [0, 0.1) is 0 Å². The van der Waals surface area contributed by atoms with Crippen LogP contribution in [0.2, 0.25) is 0 Å². The smallest absolute Gasteiger partial charge is 0.166 e. The molecule has 11 aromatic rings. The average molecular weight is 738 g/mol. The molecule has 0 unspecified atom stereocenters. The first kappa shape index (κ1) is 27.4. The molecule has 262 valence electrons. The van der Waals surface area contributed by atoms with Crippen molar-refractivity contribution in [1.82, 2.24) is 19.5 Å². The molecule has 8 aromatic carbocycles. The molecule has 0 amide bonds. The Balaban J connectivity index is 1.06. The third-order valence-corrected chi connectivity index (χ3v) is 11.6. The lowest BCUT2D eigenvalue weighted by atomic mass is 9.99. The van der Waals surface area contributed by atoms with Gasteiger partial charge in [-0.05, 0) is 64.7 Å². The van der Waals surface area contributed by atoms with Gasteiger partial charge in [-0.1, -0.05) is 152 Å². The van der Waals surface area contributed by atoms with Gasteiger partial charge in [0.05, 0.1) is 23.6 Å². The van der Waals surface area contributed by atoms with Crippen molar-refractivity contribution in [2.45, 2.75) is 0 Å². The fourth-order valence-electron chi connectivity index (χ4n) is 7.78. The average Bonchev–Trinajstić information content (AvgIpc) is 3.86. The number of hydrogen-bond donors (Lipinski definition) is 0. The first-order chi connectivity index (χ1) is 29.8. The van der Waals surface area contributed by atoms with E-state index in [2.05, 4.69) is 95.6 Å². The van der Waals surface area contributed by atoms with Crippen LogP contribution in [0.3, 0.4) is 0 Å². The Morgan fingerprint density at radius 1 is 0.411 bits per heavy atom. The van der Waals surface area contributed by atoms with E-state index in [1.807, 2.05) is 72.8 Å². The van der Waals surface area contributed by atoms with Crippen molar-refractivity contribution in [2.24, 2.45) is 0 Å². The van der Waals surface area contributed by atoms with E-state index < -0.39 is 6.04 Å². The summed E-state index contributed by atoms with van der Waals surface area (Å²) in [5.74, 6) is 1.69.